The molecule has 3 N–H and O–H groups in total. The van der Waals surface area contributed by atoms with Crippen molar-refractivity contribution in [2.75, 3.05) is 18.2 Å². The van der Waals surface area contributed by atoms with E-state index in [2.05, 4.69) is 5.32 Å². The normalized spacial score (nSPS) is 11.1. The van der Waals surface area contributed by atoms with E-state index in [9.17, 15) is 4.79 Å². The quantitative estimate of drug-likeness (QED) is 0.450. The number of carbonyl (C=O) groups excluding carboxylic acids is 1. The summed E-state index contributed by atoms with van der Waals surface area (Å²) in [4.78, 5) is 22.8. The molecule has 0 aliphatic carbocycles. The third-order valence-corrected chi connectivity index (χ3v) is 5.07. The molecule has 0 radical (unpaired) electrons. The number of methoxy groups -OCH3 is 1. The second-order valence-electron chi connectivity index (χ2n) is 6.96. The van der Waals surface area contributed by atoms with Gasteiger partial charge in [-0.2, -0.15) is 0 Å². The van der Waals surface area contributed by atoms with Gasteiger partial charge in [-0.05, 0) is 36.4 Å². The minimum atomic E-state index is -0.394. The molecule has 3 aromatic heterocycles. The number of amides is 1. The van der Waals surface area contributed by atoms with E-state index in [1.54, 1.807) is 36.1 Å². The van der Waals surface area contributed by atoms with E-state index in [-0.39, 0.29) is 11.4 Å². The molecule has 0 fully saturated rings. The summed E-state index contributed by atoms with van der Waals surface area (Å²) in [5.41, 5.74) is 9.59. The maximum absolute atomic E-state index is 13.3. The number of carbonyl (C=O) groups is 1. The maximum Gasteiger partial charge on any atom is 0.261 e. The predicted octanol–water partition coefficient (Wildman–Crippen LogP) is 4.07. The van der Waals surface area contributed by atoms with Gasteiger partial charge in [0.25, 0.3) is 5.91 Å². The summed E-state index contributed by atoms with van der Waals surface area (Å²) in [5, 5.41) is 2.88. The van der Waals surface area contributed by atoms with Crippen molar-refractivity contribution < 1.29 is 13.9 Å². The molecule has 0 spiro atoms. The highest BCUT2D eigenvalue weighted by molar-refractivity contribution is 6.16. The van der Waals surface area contributed by atoms with Crippen LogP contribution in [-0.4, -0.2) is 27.6 Å². The van der Waals surface area contributed by atoms with Gasteiger partial charge in [-0.25, -0.2) is 9.97 Å². The van der Waals surface area contributed by atoms with E-state index in [4.69, 9.17) is 24.9 Å². The molecule has 8 nitrogen and oxygen atoms in total. The van der Waals surface area contributed by atoms with Gasteiger partial charge in [-0.1, -0.05) is 24.3 Å². The highest BCUT2D eigenvalue weighted by Gasteiger charge is 2.25. The first-order valence-electron chi connectivity index (χ1n) is 9.67. The number of nitrogens with zero attached hydrogens (tertiary/aromatic N) is 3. The first-order chi connectivity index (χ1) is 15.2. The van der Waals surface area contributed by atoms with Crippen molar-refractivity contribution in [2.45, 2.75) is 6.54 Å². The number of nitrogens with one attached hydrogen (secondary N) is 1. The molecule has 0 saturated heterocycles. The fraction of sp³-hybridized carbons (Fsp3) is 0.0870. The number of anilines is 2. The monoisotopic (exact) mass is 413 g/mol. The molecule has 5 aromatic rings. The molecule has 0 atom stereocenters. The minimum absolute atomic E-state index is 0.255. The van der Waals surface area contributed by atoms with Crippen molar-refractivity contribution in [3.63, 3.8) is 0 Å². The molecule has 5 rings (SSSR count). The molecule has 1 amide bonds. The van der Waals surface area contributed by atoms with Gasteiger partial charge in [-0.3, -0.25) is 4.79 Å². The Hall–Kier alpha value is -4.33. The zero-order valence-electron chi connectivity index (χ0n) is 16.7. The number of fused-ring (bicyclic) bond motifs is 2. The van der Waals surface area contributed by atoms with E-state index >= 15 is 0 Å². The van der Waals surface area contributed by atoms with E-state index < -0.39 is 5.91 Å². The van der Waals surface area contributed by atoms with E-state index in [0.29, 0.717) is 45.9 Å². The van der Waals surface area contributed by atoms with Crippen LogP contribution in [0.1, 0.15) is 16.1 Å². The minimum Gasteiger partial charge on any atom is -0.495 e. The van der Waals surface area contributed by atoms with Crippen LogP contribution >= 0.6 is 0 Å². The van der Waals surface area contributed by atoms with Crippen LogP contribution in [0.15, 0.2) is 71.3 Å². The average molecular weight is 413 g/mol. The molecule has 2 aromatic carbocycles. The van der Waals surface area contributed by atoms with E-state index in [1.165, 1.54) is 0 Å². The Bertz CT molecular complexity index is 1410. The SMILES string of the molecule is COc1ccccc1NC(=O)c1c(N)n(Cc2ccco2)c2nc3ccccc3nc12. The van der Waals surface area contributed by atoms with Crippen molar-refractivity contribution >= 4 is 39.6 Å². The van der Waals surface area contributed by atoms with Gasteiger partial charge < -0.3 is 24.8 Å². The summed E-state index contributed by atoms with van der Waals surface area (Å²) < 4.78 is 12.6. The van der Waals surface area contributed by atoms with Gasteiger partial charge in [-0.15, -0.1) is 0 Å². The van der Waals surface area contributed by atoms with Crippen LogP contribution in [0.3, 0.4) is 0 Å². The summed E-state index contributed by atoms with van der Waals surface area (Å²) >= 11 is 0. The number of nitrogen functional groups attached to an aromatic ring is 1. The molecule has 3 heterocycles. The van der Waals surface area contributed by atoms with Crippen LogP contribution in [0.4, 0.5) is 11.5 Å². The smallest absolute Gasteiger partial charge is 0.261 e. The zero-order chi connectivity index (χ0) is 21.4. The number of aromatic nitrogens is 3. The predicted molar refractivity (Wildman–Crippen MR) is 118 cm³/mol. The van der Waals surface area contributed by atoms with Crippen LogP contribution in [0, 0.1) is 0 Å². The lowest BCUT2D eigenvalue weighted by molar-refractivity contribution is 0.102. The molecule has 0 aliphatic heterocycles. The van der Waals surface area contributed by atoms with Crippen molar-refractivity contribution in [1.29, 1.82) is 0 Å². The summed E-state index contributed by atoms with van der Waals surface area (Å²) in [6.07, 6.45) is 1.59. The largest absolute Gasteiger partial charge is 0.495 e. The van der Waals surface area contributed by atoms with Gasteiger partial charge in [0.1, 0.15) is 28.4 Å². The Morgan fingerprint density at radius 2 is 1.81 bits per heavy atom. The summed E-state index contributed by atoms with van der Waals surface area (Å²) in [6.45, 7) is 0.324. The van der Waals surface area contributed by atoms with Crippen LogP contribution < -0.4 is 15.8 Å². The lowest BCUT2D eigenvalue weighted by atomic mass is 10.2. The Balaban J connectivity index is 1.68. The molecule has 8 heteroatoms. The molecule has 154 valence electrons. The summed E-state index contributed by atoms with van der Waals surface area (Å²) in [5.74, 6) is 1.10. The number of rotatable bonds is 5. The standard InChI is InChI=1S/C23H19N5O3/c1-30-18-11-5-4-10-17(18)27-23(29)19-20-22(26-16-9-3-2-8-15(16)25-20)28(21(19)24)13-14-7-6-12-31-14/h2-12H,13,24H2,1H3,(H,27,29). The number of ether oxygens (including phenoxy) is 1. The third kappa shape index (κ3) is 3.24. The van der Waals surface area contributed by atoms with Crippen molar-refractivity contribution in [3.05, 3.63) is 78.3 Å². The first-order valence-corrected chi connectivity index (χ1v) is 9.67. The second-order valence-corrected chi connectivity index (χ2v) is 6.96. The Labute approximate surface area is 177 Å². The molecule has 0 bridgehead atoms. The van der Waals surface area contributed by atoms with Crippen LogP contribution in [-0.2, 0) is 6.54 Å². The number of para-hydroxylation sites is 4. The van der Waals surface area contributed by atoms with Gasteiger partial charge in [0.05, 0.1) is 36.6 Å². The van der Waals surface area contributed by atoms with E-state index in [1.807, 2.05) is 42.5 Å². The van der Waals surface area contributed by atoms with Crippen LogP contribution in [0.5, 0.6) is 5.75 Å². The lowest BCUT2D eigenvalue weighted by Crippen LogP contribution is -2.15. The fourth-order valence-electron chi connectivity index (χ4n) is 3.59. The number of nitrogens with two attached hydrogens (primary N) is 1. The summed E-state index contributed by atoms with van der Waals surface area (Å²) in [7, 11) is 1.55. The van der Waals surface area contributed by atoms with Gasteiger partial charge in [0, 0.05) is 0 Å². The van der Waals surface area contributed by atoms with E-state index in [0.717, 1.165) is 0 Å². The van der Waals surface area contributed by atoms with Crippen molar-refractivity contribution in [1.82, 2.24) is 14.5 Å². The average Bonchev–Trinajstić information content (AvgIpc) is 3.39. The third-order valence-electron chi connectivity index (χ3n) is 5.07. The van der Waals surface area contributed by atoms with Gasteiger partial charge in [0.2, 0.25) is 0 Å². The number of furan rings is 1. The van der Waals surface area contributed by atoms with Crippen molar-refractivity contribution in [2.24, 2.45) is 0 Å². The number of hydrogen-bond donors (Lipinski definition) is 2. The highest BCUT2D eigenvalue weighted by Crippen LogP contribution is 2.31. The van der Waals surface area contributed by atoms with Crippen LogP contribution in [0.25, 0.3) is 22.2 Å². The molecule has 0 unspecified atom stereocenters. The Kier molecular flexibility index (Phi) is 4.51. The molecule has 0 saturated carbocycles. The van der Waals surface area contributed by atoms with Gasteiger partial charge >= 0.3 is 0 Å². The molecule has 31 heavy (non-hydrogen) atoms. The summed E-state index contributed by atoms with van der Waals surface area (Å²) in [6, 6.07) is 18.3. The highest BCUT2D eigenvalue weighted by atomic mass is 16.5. The zero-order valence-corrected chi connectivity index (χ0v) is 16.7. The molecule has 0 aliphatic rings. The molecular formula is C23H19N5O3. The van der Waals surface area contributed by atoms with Gasteiger partial charge in [0.15, 0.2) is 5.65 Å². The fourth-order valence-corrected chi connectivity index (χ4v) is 3.59. The Morgan fingerprint density at radius 3 is 2.55 bits per heavy atom. The lowest BCUT2D eigenvalue weighted by Gasteiger charge is -2.10. The van der Waals surface area contributed by atoms with Crippen molar-refractivity contribution in [3.8, 4) is 5.75 Å². The topological polar surface area (TPSA) is 108 Å². The first kappa shape index (κ1) is 18.7. The Morgan fingerprint density at radius 1 is 1.06 bits per heavy atom. The second kappa shape index (κ2) is 7.49. The van der Waals surface area contributed by atoms with Crippen LogP contribution in [0.2, 0.25) is 0 Å². The maximum atomic E-state index is 13.3. The number of benzene rings is 2. The molecular weight excluding hydrogens is 394 g/mol. The number of hydrogen-bond acceptors (Lipinski definition) is 6.